The number of aliphatic carboxylic acids is 1. The van der Waals surface area contributed by atoms with Gasteiger partial charge in [-0.3, -0.25) is 4.79 Å². The Morgan fingerprint density at radius 1 is 1.20 bits per heavy atom. The minimum Gasteiger partial charge on any atom is -0.481 e. The van der Waals surface area contributed by atoms with Gasteiger partial charge in [0.1, 0.15) is 0 Å². The lowest BCUT2D eigenvalue weighted by atomic mass is 9.87. The fraction of sp³-hybridized carbons (Fsp3) is 0.867. The molecule has 1 rings (SSSR count). The summed E-state index contributed by atoms with van der Waals surface area (Å²) in [6.07, 6.45) is 5.99. The van der Waals surface area contributed by atoms with Crippen LogP contribution in [-0.4, -0.2) is 30.2 Å². The molecule has 0 saturated heterocycles. The van der Waals surface area contributed by atoms with Crippen LogP contribution in [0.4, 0.5) is 4.79 Å². The molecule has 1 fully saturated rings. The fourth-order valence-corrected chi connectivity index (χ4v) is 2.19. The van der Waals surface area contributed by atoms with Crippen molar-refractivity contribution in [1.29, 1.82) is 0 Å². The summed E-state index contributed by atoms with van der Waals surface area (Å²) in [5, 5.41) is 14.5. The number of urea groups is 1. The number of rotatable bonds is 9. The van der Waals surface area contributed by atoms with Crippen molar-refractivity contribution in [2.75, 3.05) is 13.1 Å². The Balaban J connectivity index is 2.20. The first-order chi connectivity index (χ1) is 9.31. The first-order valence-electron chi connectivity index (χ1n) is 7.56. The Morgan fingerprint density at radius 2 is 1.85 bits per heavy atom. The molecule has 0 aliphatic heterocycles. The zero-order valence-corrected chi connectivity index (χ0v) is 12.9. The van der Waals surface area contributed by atoms with Crippen molar-refractivity contribution in [3.8, 4) is 0 Å². The van der Waals surface area contributed by atoms with Crippen LogP contribution in [0.1, 0.15) is 59.3 Å². The van der Waals surface area contributed by atoms with Gasteiger partial charge < -0.3 is 15.7 Å². The number of carboxylic acid groups (broad SMARTS) is 1. The summed E-state index contributed by atoms with van der Waals surface area (Å²) in [6.45, 7) is 7.30. The molecule has 0 heterocycles. The standard InChI is InChI=1S/C15H28N2O3/c1-4-5-6-7-14(2,3)10-16-13(20)17-11-15(8-9-15)12(18)19/h4-11H2,1-3H3,(H,18,19)(H2,16,17,20). The van der Waals surface area contributed by atoms with E-state index in [1.54, 1.807) is 0 Å². The SMILES string of the molecule is CCCCCC(C)(C)CNC(=O)NCC1(C(=O)O)CC1. The summed E-state index contributed by atoms with van der Waals surface area (Å²) in [7, 11) is 0. The van der Waals surface area contributed by atoms with Crippen LogP contribution in [0.15, 0.2) is 0 Å². The van der Waals surface area contributed by atoms with Crippen LogP contribution >= 0.6 is 0 Å². The molecule has 20 heavy (non-hydrogen) atoms. The molecule has 0 radical (unpaired) electrons. The van der Waals surface area contributed by atoms with Crippen molar-refractivity contribution in [2.45, 2.75) is 59.3 Å². The lowest BCUT2D eigenvalue weighted by Crippen LogP contribution is -2.43. The van der Waals surface area contributed by atoms with E-state index >= 15 is 0 Å². The predicted octanol–water partition coefficient (Wildman–Crippen LogP) is 2.76. The second kappa shape index (κ2) is 6.95. The molecule has 1 saturated carbocycles. The van der Waals surface area contributed by atoms with E-state index in [0.717, 1.165) is 6.42 Å². The van der Waals surface area contributed by atoms with Gasteiger partial charge >= 0.3 is 12.0 Å². The van der Waals surface area contributed by atoms with E-state index in [2.05, 4.69) is 31.4 Å². The van der Waals surface area contributed by atoms with Crippen LogP contribution in [0.25, 0.3) is 0 Å². The Hall–Kier alpha value is -1.26. The topological polar surface area (TPSA) is 78.4 Å². The highest BCUT2D eigenvalue weighted by Gasteiger charge is 2.50. The van der Waals surface area contributed by atoms with Gasteiger partial charge in [-0.05, 0) is 24.7 Å². The van der Waals surface area contributed by atoms with Crippen LogP contribution in [0.3, 0.4) is 0 Å². The lowest BCUT2D eigenvalue weighted by Gasteiger charge is -2.25. The Morgan fingerprint density at radius 3 is 2.35 bits per heavy atom. The molecule has 0 spiro atoms. The number of amides is 2. The van der Waals surface area contributed by atoms with Crippen LogP contribution in [0, 0.1) is 10.8 Å². The highest BCUT2D eigenvalue weighted by Crippen LogP contribution is 2.45. The van der Waals surface area contributed by atoms with Crippen LogP contribution in [0.2, 0.25) is 0 Å². The average Bonchev–Trinajstić information content (AvgIpc) is 3.15. The molecule has 1 aliphatic carbocycles. The Bertz CT molecular complexity index is 349. The number of hydrogen-bond acceptors (Lipinski definition) is 2. The van der Waals surface area contributed by atoms with Gasteiger partial charge in [0.05, 0.1) is 5.41 Å². The van der Waals surface area contributed by atoms with E-state index in [9.17, 15) is 9.59 Å². The summed E-state index contributed by atoms with van der Waals surface area (Å²) in [6, 6.07) is -0.263. The highest BCUT2D eigenvalue weighted by atomic mass is 16.4. The molecule has 0 atom stereocenters. The van der Waals surface area contributed by atoms with Crippen LogP contribution in [0.5, 0.6) is 0 Å². The first kappa shape index (κ1) is 16.8. The number of carbonyl (C=O) groups is 2. The van der Waals surface area contributed by atoms with Gasteiger partial charge in [-0.25, -0.2) is 4.79 Å². The van der Waals surface area contributed by atoms with Crippen molar-refractivity contribution in [1.82, 2.24) is 10.6 Å². The number of nitrogens with one attached hydrogen (secondary N) is 2. The number of carbonyl (C=O) groups excluding carboxylic acids is 1. The fourth-order valence-electron chi connectivity index (χ4n) is 2.19. The van der Waals surface area contributed by atoms with Gasteiger partial charge in [0.2, 0.25) is 0 Å². The molecular formula is C15H28N2O3. The molecule has 0 aromatic rings. The first-order valence-corrected chi connectivity index (χ1v) is 7.56. The van der Waals surface area contributed by atoms with Crippen molar-refractivity contribution in [3.63, 3.8) is 0 Å². The largest absolute Gasteiger partial charge is 0.481 e. The second-order valence-electron chi connectivity index (χ2n) is 6.74. The molecule has 2 amide bonds. The third-order valence-corrected chi connectivity index (χ3v) is 4.08. The lowest BCUT2D eigenvalue weighted by molar-refractivity contribution is -0.143. The van der Waals surface area contributed by atoms with Gasteiger partial charge in [-0.1, -0.05) is 40.0 Å². The van der Waals surface area contributed by atoms with Crippen molar-refractivity contribution >= 4 is 12.0 Å². The maximum Gasteiger partial charge on any atom is 0.314 e. The molecular weight excluding hydrogens is 256 g/mol. The number of hydrogen-bond donors (Lipinski definition) is 3. The van der Waals surface area contributed by atoms with Crippen molar-refractivity contribution < 1.29 is 14.7 Å². The molecule has 1 aliphatic rings. The summed E-state index contributed by atoms with van der Waals surface area (Å²) in [5.74, 6) is -0.808. The van der Waals surface area contributed by atoms with E-state index in [0.29, 0.717) is 19.4 Å². The van der Waals surface area contributed by atoms with Crippen molar-refractivity contribution in [2.24, 2.45) is 10.8 Å². The van der Waals surface area contributed by atoms with E-state index in [-0.39, 0.29) is 18.0 Å². The molecule has 0 aromatic heterocycles. The van der Waals surface area contributed by atoms with Gasteiger partial charge in [0, 0.05) is 13.1 Å². The van der Waals surface area contributed by atoms with Gasteiger partial charge in [0.15, 0.2) is 0 Å². The van der Waals surface area contributed by atoms with Crippen LogP contribution < -0.4 is 10.6 Å². The van der Waals surface area contributed by atoms with E-state index < -0.39 is 11.4 Å². The minimum atomic E-state index is -0.808. The predicted molar refractivity (Wildman–Crippen MR) is 78.6 cm³/mol. The van der Waals surface area contributed by atoms with E-state index in [1.807, 2.05) is 0 Å². The van der Waals surface area contributed by atoms with Crippen molar-refractivity contribution in [3.05, 3.63) is 0 Å². The molecule has 3 N–H and O–H groups in total. The minimum absolute atomic E-state index is 0.0799. The van der Waals surface area contributed by atoms with Gasteiger partial charge in [0.25, 0.3) is 0 Å². The van der Waals surface area contributed by atoms with Crippen LogP contribution in [-0.2, 0) is 4.79 Å². The maximum atomic E-state index is 11.7. The molecule has 0 bridgehead atoms. The molecule has 0 unspecified atom stereocenters. The molecule has 0 aromatic carbocycles. The summed E-state index contributed by atoms with van der Waals surface area (Å²) in [5.41, 5.74) is -0.620. The molecule has 5 nitrogen and oxygen atoms in total. The third-order valence-electron chi connectivity index (χ3n) is 4.08. The summed E-state index contributed by atoms with van der Waals surface area (Å²) < 4.78 is 0. The summed E-state index contributed by atoms with van der Waals surface area (Å²) >= 11 is 0. The quantitative estimate of drug-likeness (QED) is 0.570. The Kier molecular flexibility index (Phi) is 5.84. The van der Waals surface area contributed by atoms with Gasteiger partial charge in [-0.2, -0.15) is 0 Å². The summed E-state index contributed by atoms with van der Waals surface area (Å²) in [4.78, 5) is 22.7. The van der Waals surface area contributed by atoms with Gasteiger partial charge in [-0.15, -0.1) is 0 Å². The van der Waals surface area contributed by atoms with E-state index in [1.165, 1.54) is 19.3 Å². The zero-order valence-electron chi connectivity index (χ0n) is 12.9. The third kappa shape index (κ3) is 5.39. The average molecular weight is 284 g/mol. The second-order valence-corrected chi connectivity index (χ2v) is 6.74. The molecule has 5 heteroatoms. The highest BCUT2D eigenvalue weighted by molar-refractivity contribution is 5.80. The number of unbranched alkanes of at least 4 members (excludes halogenated alkanes) is 2. The zero-order chi connectivity index (χ0) is 15.2. The number of carboxylic acids is 1. The normalized spacial score (nSPS) is 16.6. The molecule has 116 valence electrons. The maximum absolute atomic E-state index is 11.7. The smallest absolute Gasteiger partial charge is 0.314 e. The van der Waals surface area contributed by atoms with E-state index in [4.69, 9.17) is 5.11 Å². The monoisotopic (exact) mass is 284 g/mol. The Labute approximate surface area is 121 Å².